The zero-order valence-electron chi connectivity index (χ0n) is 10.6. The van der Waals surface area contributed by atoms with Crippen LogP contribution in [0.25, 0.3) is 0 Å². The molecule has 4 nitrogen and oxygen atoms in total. The van der Waals surface area contributed by atoms with Gasteiger partial charge in [-0.15, -0.1) is 0 Å². The van der Waals surface area contributed by atoms with Crippen molar-refractivity contribution in [2.24, 2.45) is 0 Å². The predicted molar refractivity (Wildman–Crippen MR) is 84.5 cm³/mol. The molecule has 0 aliphatic heterocycles. The predicted octanol–water partition coefficient (Wildman–Crippen LogP) is 3.95. The second-order valence-electron chi connectivity index (χ2n) is 4.04. The highest BCUT2D eigenvalue weighted by atomic mass is 79.9. The van der Waals surface area contributed by atoms with E-state index < -0.39 is 0 Å². The number of halogens is 2. The summed E-state index contributed by atoms with van der Waals surface area (Å²) in [5.41, 5.74) is 7.15. The molecule has 0 heterocycles. The molecule has 0 fully saturated rings. The molecule has 2 aromatic carbocycles. The molecule has 0 bridgehead atoms. The van der Waals surface area contributed by atoms with E-state index in [9.17, 15) is 4.79 Å². The number of nitrogen functional groups attached to an aromatic ring is 1. The first kappa shape index (κ1) is 14.7. The highest BCUT2D eigenvalue weighted by Crippen LogP contribution is 2.27. The fourth-order valence-corrected chi connectivity index (χ4v) is 2.41. The molecule has 0 aliphatic rings. The lowest BCUT2D eigenvalue weighted by Crippen LogP contribution is -2.12. The molecule has 0 atom stereocenters. The van der Waals surface area contributed by atoms with Crippen LogP contribution in [0.5, 0.6) is 5.75 Å². The molecule has 3 N–H and O–H groups in total. The fourth-order valence-electron chi connectivity index (χ4n) is 1.63. The van der Waals surface area contributed by atoms with Gasteiger partial charge < -0.3 is 15.8 Å². The molecule has 0 spiro atoms. The monoisotopic (exact) mass is 354 g/mol. The van der Waals surface area contributed by atoms with Crippen molar-refractivity contribution in [1.29, 1.82) is 0 Å². The average Bonchev–Trinajstić information content (AvgIpc) is 2.41. The topological polar surface area (TPSA) is 64.3 Å². The van der Waals surface area contributed by atoms with Crippen LogP contribution >= 0.6 is 27.5 Å². The van der Waals surface area contributed by atoms with Gasteiger partial charge in [-0.3, -0.25) is 4.79 Å². The van der Waals surface area contributed by atoms with Crippen molar-refractivity contribution in [2.45, 2.75) is 0 Å². The Morgan fingerprint density at radius 2 is 2.05 bits per heavy atom. The first-order valence-corrected chi connectivity index (χ1v) is 6.88. The van der Waals surface area contributed by atoms with E-state index in [1.54, 1.807) is 43.5 Å². The number of rotatable bonds is 3. The van der Waals surface area contributed by atoms with Crippen LogP contribution in [0.1, 0.15) is 10.4 Å². The lowest BCUT2D eigenvalue weighted by atomic mass is 10.2. The van der Waals surface area contributed by atoms with Crippen LogP contribution in [0.4, 0.5) is 11.4 Å². The third-order valence-corrected chi connectivity index (χ3v) is 3.59. The number of nitrogens with two attached hydrogens (primary N) is 1. The Hall–Kier alpha value is -1.72. The van der Waals surface area contributed by atoms with Crippen molar-refractivity contribution in [3.63, 3.8) is 0 Å². The first-order valence-electron chi connectivity index (χ1n) is 5.71. The van der Waals surface area contributed by atoms with Crippen molar-refractivity contribution < 1.29 is 9.53 Å². The molecule has 0 unspecified atom stereocenters. The van der Waals surface area contributed by atoms with Crippen molar-refractivity contribution in [3.05, 3.63) is 51.5 Å². The minimum absolute atomic E-state index is 0.264. The first-order chi connectivity index (χ1) is 9.51. The van der Waals surface area contributed by atoms with Crippen molar-refractivity contribution >= 4 is 44.8 Å². The van der Waals surface area contributed by atoms with E-state index in [2.05, 4.69) is 21.2 Å². The highest BCUT2D eigenvalue weighted by molar-refractivity contribution is 9.10. The summed E-state index contributed by atoms with van der Waals surface area (Å²) in [6.45, 7) is 0. The summed E-state index contributed by atoms with van der Waals surface area (Å²) in [6, 6.07) is 9.98. The summed E-state index contributed by atoms with van der Waals surface area (Å²) in [5, 5.41) is 3.12. The lowest BCUT2D eigenvalue weighted by Gasteiger charge is -2.09. The number of carbonyl (C=O) groups excluding carboxylic acids is 1. The lowest BCUT2D eigenvalue weighted by molar-refractivity contribution is 0.102. The number of hydrogen-bond donors (Lipinski definition) is 2. The average molecular weight is 356 g/mol. The normalized spacial score (nSPS) is 10.2. The van der Waals surface area contributed by atoms with E-state index in [1.165, 1.54) is 0 Å². The number of ether oxygens (including phenoxy) is 1. The van der Waals surface area contributed by atoms with Crippen LogP contribution in [0.3, 0.4) is 0 Å². The largest absolute Gasteiger partial charge is 0.496 e. The summed E-state index contributed by atoms with van der Waals surface area (Å²) in [7, 11) is 1.56. The molecule has 6 heteroatoms. The van der Waals surface area contributed by atoms with E-state index in [1.807, 2.05) is 0 Å². The van der Waals surface area contributed by atoms with E-state index in [-0.39, 0.29) is 5.91 Å². The van der Waals surface area contributed by atoms with Gasteiger partial charge in [0.25, 0.3) is 5.91 Å². The minimum atomic E-state index is -0.264. The second kappa shape index (κ2) is 6.15. The number of benzene rings is 2. The third kappa shape index (κ3) is 3.23. The maximum Gasteiger partial charge on any atom is 0.255 e. The number of hydrogen-bond acceptors (Lipinski definition) is 3. The number of nitrogens with one attached hydrogen (secondary N) is 1. The minimum Gasteiger partial charge on any atom is -0.496 e. The zero-order valence-corrected chi connectivity index (χ0v) is 13.0. The summed E-state index contributed by atoms with van der Waals surface area (Å²) >= 11 is 9.35. The van der Waals surface area contributed by atoms with Gasteiger partial charge in [-0.2, -0.15) is 0 Å². The van der Waals surface area contributed by atoms with Gasteiger partial charge in [0.2, 0.25) is 0 Å². The van der Waals surface area contributed by atoms with Gasteiger partial charge in [-0.05, 0) is 52.3 Å². The molecule has 0 saturated heterocycles. The molecular formula is C14H12BrClN2O2. The highest BCUT2D eigenvalue weighted by Gasteiger charge is 2.11. The number of carbonyl (C=O) groups is 1. The van der Waals surface area contributed by atoms with Gasteiger partial charge >= 0.3 is 0 Å². The molecular weight excluding hydrogens is 344 g/mol. The molecule has 0 aliphatic carbocycles. The van der Waals surface area contributed by atoms with Crippen LogP contribution < -0.4 is 15.8 Å². The van der Waals surface area contributed by atoms with E-state index in [4.69, 9.17) is 22.1 Å². The summed E-state index contributed by atoms with van der Waals surface area (Å²) in [6.07, 6.45) is 0. The van der Waals surface area contributed by atoms with Crippen molar-refractivity contribution in [3.8, 4) is 5.75 Å². The SMILES string of the molecule is COc1ccc(C(=O)Nc2ccc(N)cc2Cl)cc1Br. The number of anilines is 2. The molecule has 2 aromatic rings. The number of amides is 1. The third-order valence-electron chi connectivity index (χ3n) is 2.66. The van der Waals surface area contributed by atoms with Crippen LogP contribution in [-0.4, -0.2) is 13.0 Å². The standard InChI is InChI=1S/C14H12BrClN2O2/c1-20-13-5-2-8(6-10(13)15)14(19)18-12-4-3-9(17)7-11(12)16/h2-7H,17H2,1H3,(H,18,19). The Morgan fingerprint density at radius 1 is 1.30 bits per heavy atom. The van der Waals surface area contributed by atoms with Gasteiger partial charge in [-0.25, -0.2) is 0 Å². The maximum atomic E-state index is 12.1. The van der Waals surface area contributed by atoms with Gasteiger partial charge in [-0.1, -0.05) is 11.6 Å². The Morgan fingerprint density at radius 3 is 2.65 bits per heavy atom. The summed E-state index contributed by atoms with van der Waals surface area (Å²) in [4.78, 5) is 12.1. The van der Waals surface area contributed by atoms with Crippen LogP contribution in [-0.2, 0) is 0 Å². The molecule has 20 heavy (non-hydrogen) atoms. The molecule has 0 saturated carbocycles. The van der Waals surface area contributed by atoms with E-state index in [0.29, 0.717) is 32.2 Å². The van der Waals surface area contributed by atoms with E-state index >= 15 is 0 Å². The maximum absolute atomic E-state index is 12.1. The van der Waals surface area contributed by atoms with Crippen LogP contribution in [0.15, 0.2) is 40.9 Å². The Labute approximate surface area is 130 Å². The van der Waals surface area contributed by atoms with Gasteiger partial charge in [0.15, 0.2) is 0 Å². The molecule has 104 valence electrons. The van der Waals surface area contributed by atoms with Gasteiger partial charge in [0, 0.05) is 11.3 Å². The molecule has 1 amide bonds. The number of methoxy groups -OCH3 is 1. The van der Waals surface area contributed by atoms with Gasteiger partial charge in [0.05, 0.1) is 22.3 Å². The quantitative estimate of drug-likeness (QED) is 0.820. The smallest absolute Gasteiger partial charge is 0.255 e. The fraction of sp³-hybridized carbons (Fsp3) is 0.0714. The molecule has 2 rings (SSSR count). The van der Waals surface area contributed by atoms with Crippen LogP contribution in [0, 0.1) is 0 Å². The van der Waals surface area contributed by atoms with Crippen molar-refractivity contribution in [2.75, 3.05) is 18.2 Å². The van der Waals surface area contributed by atoms with Crippen molar-refractivity contribution in [1.82, 2.24) is 0 Å². The summed E-state index contributed by atoms with van der Waals surface area (Å²) < 4.78 is 5.82. The van der Waals surface area contributed by atoms with Crippen LogP contribution in [0.2, 0.25) is 5.02 Å². The summed E-state index contributed by atoms with van der Waals surface area (Å²) in [5.74, 6) is 0.395. The molecule has 0 radical (unpaired) electrons. The molecule has 0 aromatic heterocycles. The Balaban J connectivity index is 2.21. The zero-order chi connectivity index (χ0) is 14.7. The Bertz CT molecular complexity index is 662. The Kier molecular flexibility index (Phi) is 4.52. The van der Waals surface area contributed by atoms with E-state index in [0.717, 1.165) is 0 Å². The van der Waals surface area contributed by atoms with Gasteiger partial charge in [0.1, 0.15) is 5.75 Å². The second-order valence-corrected chi connectivity index (χ2v) is 5.30.